The van der Waals surface area contributed by atoms with Crippen LogP contribution in [-0.2, 0) is 20.7 Å². The zero-order valence-electron chi connectivity index (χ0n) is 9.74. The fraction of sp³-hybridized carbons (Fsp3) is 0.462. The van der Waals surface area contributed by atoms with Gasteiger partial charge in [0, 0.05) is 11.1 Å². The molecule has 0 radical (unpaired) electrons. The largest absolute Gasteiger partial charge is 0.469 e. The Hall–Kier alpha value is -0.870. The van der Waals surface area contributed by atoms with E-state index in [-0.39, 0.29) is 12.1 Å². The smallest absolute Gasteiger partial charge is 0.309 e. The van der Waals surface area contributed by atoms with E-state index in [0.29, 0.717) is 6.42 Å². The first kappa shape index (κ1) is 12.6. The van der Waals surface area contributed by atoms with E-state index in [2.05, 4.69) is 15.9 Å². The molecule has 1 aliphatic rings. The van der Waals surface area contributed by atoms with Gasteiger partial charge in [0.2, 0.25) is 0 Å². The van der Waals surface area contributed by atoms with Gasteiger partial charge in [-0.2, -0.15) is 0 Å². The van der Waals surface area contributed by atoms with Crippen LogP contribution in [0.25, 0.3) is 0 Å². The molecule has 0 aromatic heterocycles. The summed E-state index contributed by atoms with van der Waals surface area (Å²) in [5.41, 5.74) is 2.08. The van der Waals surface area contributed by atoms with Crippen molar-refractivity contribution < 1.29 is 14.3 Å². The van der Waals surface area contributed by atoms with E-state index in [1.165, 1.54) is 7.11 Å². The predicted molar refractivity (Wildman–Crippen MR) is 67.8 cm³/mol. The first-order valence-electron chi connectivity index (χ1n) is 5.68. The summed E-state index contributed by atoms with van der Waals surface area (Å²) in [4.78, 5) is 11.4. The van der Waals surface area contributed by atoms with Crippen LogP contribution in [0.1, 0.15) is 30.1 Å². The second kappa shape index (κ2) is 5.65. The lowest BCUT2D eigenvalue weighted by Gasteiger charge is -2.16. The Bertz CT molecular complexity index is 411. The van der Waals surface area contributed by atoms with Crippen LogP contribution < -0.4 is 0 Å². The van der Waals surface area contributed by atoms with Gasteiger partial charge in [-0.25, -0.2) is 0 Å². The number of ether oxygens (including phenoxy) is 2. The molecule has 0 amide bonds. The van der Waals surface area contributed by atoms with Crippen LogP contribution >= 0.6 is 15.9 Å². The first-order chi connectivity index (χ1) is 8.22. The number of hydrogen-bond donors (Lipinski definition) is 0. The Kier molecular flexibility index (Phi) is 4.18. The van der Waals surface area contributed by atoms with Gasteiger partial charge in [0.15, 0.2) is 0 Å². The summed E-state index contributed by atoms with van der Waals surface area (Å²) in [5, 5.41) is 0. The molecule has 3 nitrogen and oxygen atoms in total. The lowest BCUT2D eigenvalue weighted by Crippen LogP contribution is -2.09. The van der Waals surface area contributed by atoms with E-state index in [4.69, 9.17) is 9.47 Å². The van der Waals surface area contributed by atoms with Crippen LogP contribution in [0.2, 0.25) is 0 Å². The minimum atomic E-state index is -0.220. The molecular weight excluding hydrogens is 284 g/mol. The third-order valence-electron chi connectivity index (χ3n) is 2.96. The molecule has 0 bridgehead atoms. The molecule has 1 atom stereocenters. The molecule has 17 heavy (non-hydrogen) atoms. The van der Waals surface area contributed by atoms with Crippen molar-refractivity contribution in [2.45, 2.75) is 25.4 Å². The summed E-state index contributed by atoms with van der Waals surface area (Å²) < 4.78 is 11.4. The van der Waals surface area contributed by atoms with E-state index in [0.717, 1.165) is 35.0 Å². The molecule has 2 rings (SSSR count). The van der Waals surface area contributed by atoms with Crippen molar-refractivity contribution in [1.82, 2.24) is 0 Å². The lowest BCUT2D eigenvalue weighted by atomic mass is 9.98. The van der Waals surface area contributed by atoms with Gasteiger partial charge in [-0.15, -0.1) is 0 Å². The third kappa shape index (κ3) is 2.87. The number of rotatable bonds is 3. The molecule has 0 spiro atoms. The van der Waals surface area contributed by atoms with Gasteiger partial charge in [-0.1, -0.05) is 28.1 Å². The highest BCUT2D eigenvalue weighted by molar-refractivity contribution is 9.10. The second-order valence-electron chi connectivity index (χ2n) is 4.07. The lowest BCUT2D eigenvalue weighted by molar-refractivity contribution is -0.139. The minimum Gasteiger partial charge on any atom is -0.469 e. The monoisotopic (exact) mass is 298 g/mol. The number of carbonyl (C=O) groups excluding carboxylic acids is 1. The predicted octanol–water partition coefficient (Wildman–Crippen LogP) is 3.02. The Morgan fingerprint density at radius 1 is 1.59 bits per heavy atom. The Morgan fingerprint density at radius 2 is 2.41 bits per heavy atom. The molecule has 1 unspecified atom stereocenters. The molecule has 0 N–H and O–H groups in total. The average Bonchev–Trinajstić information content (AvgIpc) is 2.82. The maximum Gasteiger partial charge on any atom is 0.309 e. The summed E-state index contributed by atoms with van der Waals surface area (Å²) in [6.45, 7) is 0.795. The Balaban J connectivity index is 2.30. The molecule has 1 heterocycles. The number of hydrogen-bond acceptors (Lipinski definition) is 3. The van der Waals surface area contributed by atoms with Crippen molar-refractivity contribution in [3.8, 4) is 0 Å². The van der Waals surface area contributed by atoms with Crippen molar-refractivity contribution in [3.63, 3.8) is 0 Å². The summed E-state index contributed by atoms with van der Waals surface area (Å²) in [7, 11) is 1.41. The molecule has 92 valence electrons. The average molecular weight is 299 g/mol. The number of carbonyl (C=O) groups is 1. The SMILES string of the molecule is COC(=O)Cc1cccc(Br)c1C1CCCO1. The molecule has 0 aliphatic carbocycles. The van der Waals surface area contributed by atoms with Gasteiger partial charge in [-0.05, 0) is 30.0 Å². The first-order valence-corrected chi connectivity index (χ1v) is 6.47. The fourth-order valence-corrected chi connectivity index (χ4v) is 2.79. The Morgan fingerprint density at radius 3 is 3.06 bits per heavy atom. The van der Waals surface area contributed by atoms with Gasteiger partial charge in [0.1, 0.15) is 0 Å². The summed E-state index contributed by atoms with van der Waals surface area (Å²) >= 11 is 3.54. The van der Waals surface area contributed by atoms with Gasteiger partial charge in [0.25, 0.3) is 0 Å². The molecule has 1 aromatic rings. The van der Waals surface area contributed by atoms with E-state index < -0.39 is 0 Å². The van der Waals surface area contributed by atoms with Crippen LogP contribution in [0.15, 0.2) is 22.7 Å². The van der Waals surface area contributed by atoms with Crippen molar-refractivity contribution in [3.05, 3.63) is 33.8 Å². The van der Waals surface area contributed by atoms with Crippen molar-refractivity contribution in [2.24, 2.45) is 0 Å². The van der Waals surface area contributed by atoms with Crippen molar-refractivity contribution in [1.29, 1.82) is 0 Å². The minimum absolute atomic E-state index is 0.102. The molecule has 1 aliphatic heterocycles. The van der Waals surface area contributed by atoms with Gasteiger partial charge < -0.3 is 9.47 Å². The molecule has 0 saturated carbocycles. The van der Waals surface area contributed by atoms with Gasteiger partial charge in [0.05, 0.1) is 19.6 Å². The van der Waals surface area contributed by atoms with Gasteiger partial charge >= 0.3 is 5.97 Å². The number of benzene rings is 1. The molecule has 1 aromatic carbocycles. The molecular formula is C13H15BrO3. The topological polar surface area (TPSA) is 35.5 Å². The number of esters is 1. The number of halogens is 1. The van der Waals surface area contributed by atoms with Crippen LogP contribution in [0.4, 0.5) is 0 Å². The molecule has 1 saturated heterocycles. The van der Waals surface area contributed by atoms with Crippen LogP contribution in [0.3, 0.4) is 0 Å². The highest BCUT2D eigenvalue weighted by Crippen LogP contribution is 2.36. The number of methoxy groups -OCH3 is 1. The zero-order valence-corrected chi connectivity index (χ0v) is 11.3. The van der Waals surface area contributed by atoms with Crippen LogP contribution in [0, 0.1) is 0 Å². The van der Waals surface area contributed by atoms with Crippen LogP contribution in [0.5, 0.6) is 0 Å². The molecule has 1 fully saturated rings. The third-order valence-corrected chi connectivity index (χ3v) is 3.65. The van der Waals surface area contributed by atoms with Crippen LogP contribution in [-0.4, -0.2) is 19.7 Å². The highest BCUT2D eigenvalue weighted by Gasteiger charge is 2.23. The standard InChI is InChI=1S/C13H15BrO3/c1-16-12(15)8-9-4-2-5-10(14)13(9)11-6-3-7-17-11/h2,4-5,11H,3,6-8H2,1H3. The summed E-state index contributed by atoms with van der Waals surface area (Å²) in [5.74, 6) is -0.220. The second-order valence-corrected chi connectivity index (χ2v) is 4.92. The zero-order chi connectivity index (χ0) is 12.3. The summed E-state index contributed by atoms with van der Waals surface area (Å²) in [6.07, 6.45) is 2.48. The molecule has 4 heteroatoms. The van der Waals surface area contributed by atoms with E-state index in [9.17, 15) is 4.79 Å². The maximum absolute atomic E-state index is 11.4. The Labute approximate surface area is 109 Å². The highest BCUT2D eigenvalue weighted by atomic mass is 79.9. The normalized spacial score (nSPS) is 19.3. The van der Waals surface area contributed by atoms with E-state index >= 15 is 0 Å². The quantitative estimate of drug-likeness (QED) is 0.805. The summed E-state index contributed by atoms with van der Waals surface area (Å²) in [6, 6.07) is 5.87. The van der Waals surface area contributed by atoms with Crippen molar-refractivity contribution in [2.75, 3.05) is 13.7 Å². The van der Waals surface area contributed by atoms with E-state index in [1.54, 1.807) is 0 Å². The maximum atomic E-state index is 11.4. The van der Waals surface area contributed by atoms with E-state index in [1.807, 2.05) is 18.2 Å². The fourth-order valence-electron chi connectivity index (χ4n) is 2.13. The van der Waals surface area contributed by atoms with Crippen molar-refractivity contribution >= 4 is 21.9 Å². The van der Waals surface area contributed by atoms with Gasteiger partial charge in [-0.3, -0.25) is 4.79 Å².